The van der Waals surface area contributed by atoms with Gasteiger partial charge in [-0.2, -0.15) is 13.2 Å². The van der Waals surface area contributed by atoms with Crippen molar-refractivity contribution in [3.63, 3.8) is 0 Å². The second kappa shape index (κ2) is 13.1. The first-order valence-corrected chi connectivity index (χ1v) is 14.9. The van der Waals surface area contributed by atoms with Crippen LogP contribution < -0.4 is 15.4 Å². The van der Waals surface area contributed by atoms with Crippen LogP contribution in [0.1, 0.15) is 18.5 Å². The Labute approximate surface area is 246 Å². The van der Waals surface area contributed by atoms with Crippen LogP contribution in [0, 0.1) is 11.8 Å². The van der Waals surface area contributed by atoms with Gasteiger partial charge >= 0.3 is 12.3 Å². The van der Waals surface area contributed by atoms with E-state index in [1.807, 2.05) is 30.5 Å². The zero-order valence-electron chi connectivity index (χ0n) is 23.4. The summed E-state index contributed by atoms with van der Waals surface area (Å²) in [4.78, 5) is 14.5. The minimum Gasteiger partial charge on any atom is -0.495 e. The van der Waals surface area contributed by atoms with E-state index in [9.17, 15) is 18.0 Å². The molecule has 0 spiro atoms. The van der Waals surface area contributed by atoms with Crippen LogP contribution in [0.15, 0.2) is 47.4 Å². The largest absolute Gasteiger partial charge is 0.508 e. The van der Waals surface area contributed by atoms with Crippen LogP contribution in [0.2, 0.25) is 0 Å². The Morgan fingerprint density at radius 1 is 1.14 bits per heavy atom. The highest BCUT2D eigenvalue weighted by Gasteiger charge is 2.31. The van der Waals surface area contributed by atoms with E-state index in [2.05, 4.69) is 27.4 Å². The predicted molar refractivity (Wildman–Crippen MR) is 157 cm³/mol. The summed E-state index contributed by atoms with van der Waals surface area (Å²) in [5, 5.41) is 7.45. The summed E-state index contributed by atoms with van der Waals surface area (Å²) in [5.41, 5.74) is 2.32. The number of carbonyl (C=O) groups excluding carboxylic acids is 1. The third kappa shape index (κ3) is 7.38. The summed E-state index contributed by atoms with van der Waals surface area (Å²) >= 11 is 1.60. The molecule has 224 valence electrons. The Morgan fingerprint density at radius 3 is 2.64 bits per heavy atom. The number of alkyl halides is 3. The lowest BCUT2D eigenvalue weighted by Gasteiger charge is -2.33. The van der Waals surface area contributed by atoms with Crippen LogP contribution >= 0.6 is 11.8 Å². The minimum atomic E-state index is -4.40. The lowest BCUT2D eigenvalue weighted by atomic mass is 10.0. The van der Waals surface area contributed by atoms with Crippen LogP contribution in [0.3, 0.4) is 0 Å². The number of nitrogens with one attached hydrogen (secondary N) is 2. The van der Waals surface area contributed by atoms with E-state index in [4.69, 9.17) is 14.2 Å². The van der Waals surface area contributed by atoms with Crippen molar-refractivity contribution in [1.29, 1.82) is 0 Å². The van der Waals surface area contributed by atoms with Gasteiger partial charge in [-0.3, -0.25) is 4.90 Å². The number of anilines is 2. The number of benzene rings is 2. The molecule has 3 heterocycles. The number of fused-ring (bicyclic) bond motifs is 1. The molecule has 0 bridgehead atoms. The second-order valence-electron chi connectivity index (χ2n) is 10.2. The molecular formula is C30H33F3N4O4S. The third-order valence-electron chi connectivity index (χ3n) is 7.33. The SMILES string of the molecule is COc1cc(SC)ccc1NCC#Cc1cc2c(NC3CCN(CC4COC(=O)O4)CC3)cccc2n1CC(F)(F)F. The Bertz CT molecular complexity index is 1470. The van der Waals surface area contributed by atoms with E-state index in [-0.39, 0.29) is 25.3 Å². The zero-order chi connectivity index (χ0) is 29.7. The van der Waals surface area contributed by atoms with Crippen LogP contribution in [-0.4, -0.2) is 80.1 Å². The first kappa shape index (κ1) is 29.8. The predicted octanol–water partition coefficient (Wildman–Crippen LogP) is 5.81. The number of hydrogen-bond donors (Lipinski definition) is 2. The molecule has 1 unspecified atom stereocenters. The first-order chi connectivity index (χ1) is 20.2. The van der Waals surface area contributed by atoms with Gasteiger partial charge in [0.05, 0.1) is 30.6 Å². The number of piperidine rings is 1. The maximum absolute atomic E-state index is 13.6. The molecule has 2 aromatic carbocycles. The fourth-order valence-electron chi connectivity index (χ4n) is 5.31. The van der Waals surface area contributed by atoms with Gasteiger partial charge in [0.2, 0.25) is 0 Å². The average Bonchev–Trinajstić information content (AvgIpc) is 3.54. The highest BCUT2D eigenvalue weighted by molar-refractivity contribution is 7.98. The summed E-state index contributed by atoms with van der Waals surface area (Å²) in [6.45, 7) is 1.63. The molecule has 0 amide bonds. The highest BCUT2D eigenvalue weighted by Crippen LogP contribution is 2.32. The molecule has 2 fully saturated rings. The molecule has 42 heavy (non-hydrogen) atoms. The number of methoxy groups -OCH3 is 1. The van der Waals surface area contributed by atoms with E-state index in [1.165, 1.54) is 4.57 Å². The van der Waals surface area contributed by atoms with Crippen molar-refractivity contribution in [2.45, 2.75) is 42.6 Å². The number of ether oxygens (including phenoxy) is 3. The maximum Gasteiger partial charge on any atom is 0.508 e. The molecule has 12 heteroatoms. The van der Waals surface area contributed by atoms with Crippen molar-refractivity contribution in [3.05, 3.63) is 48.2 Å². The normalized spacial score (nSPS) is 17.8. The zero-order valence-corrected chi connectivity index (χ0v) is 24.2. The summed E-state index contributed by atoms with van der Waals surface area (Å²) in [7, 11) is 1.59. The first-order valence-electron chi connectivity index (χ1n) is 13.7. The van der Waals surface area contributed by atoms with Gasteiger partial charge in [0, 0.05) is 41.6 Å². The van der Waals surface area contributed by atoms with Crippen LogP contribution in [0.25, 0.3) is 10.9 Å². The number of thioether (sulfide) groups is 1. The van der Waals surface area contributed by atoms with E-state index < -0.39 is 18.9 Å². The smallest absolute Gasteiger partial charge is 0.495 e. The van der Waals surface area contributed by atoms with Gasteiger partial charge in [-0.25, -0.2) is 4.79 Å². The lowest BCUT2D eigenvalue weighted by molar-refractivity contribution is -0.140. The van der Waals surface area contributed by atoms with E-state index >= 15 is 0 Å². The number of likely N-dealkylation sites (tertiary alicyclic amines) is 1. The van der Waals surface area contributed by atoms with Gasteiger partial charge < -0.3 is 29.4 Å². The molecule has 8 nitrogen and oxygen atoms in total. The van der Waals surface area contributed by atoms with Crippen LogP contribution in [0.5, 0.6) is 5.75 Å². The molecule has 0 radical (unpaired) electrons. The quantitative estimate of drug-likeness (QED) is 0.181. The number of cyclic esters (lactones) is 2. The molecule has 5 rings (SSSR count). The maximum atomic E-state index is 13.6. The lowest BCUT2D eigenvalue weighted by Crippen LogP contribution is -2.43. The molecule has 0 aliphatic carbocycles. The van der Waals surface area contributed by atoms with Gasteiger partial charge in [-0.1, -0.05) is 12.0 Å². The van der Waals surface area contributed by atoms with E-state index in [1.54, 1.807) is 37.1 Å². The van der Waals surface area contributed by atoms with E-state index in [0.29, 0.717) is 28.9 Å². The minimum absolute atomic E-state index is 0.159. The van der Waals surface area contributed by atoms with Crippen molar-refractivity contribution < 1.29 is 32.2 Å². The van der Waals surface area contributed by atoms with Crippen molar-refractivity contribution >= 4 is 40.2 Å². The molecule has 2 saturated heterocycles. The third-order valence-corrected chi connectivity index (χ3v) is 8.06. The Kier molecular flexibility index (Phi) is 9.28. The molecule has 2 aliphatic rings. The monoisotopic (exact) mass is 602 g/mol. The number of aromatic nitrogens is 1. The fraction of sp³-hybridized carbons (Fsp3) is 0.433. The van der Waals surface area contributed by atoms with Gasteiger partial charge in [0.1, 0.15) is 18.9 Å². The summed E-state index contributed by atoms with van der Waals surface area (Å²) < 4.78 is 57.5. The summed E-state index contributed by atoms with van der Waals surface area (Å²) in [6.07, 6.45) is -1.60. The van der Waals surface area contributed by atoms with Crippen molar-refractivity contribution in [2.24, 2.45) is 0 Å². The molecule has 0 saturated carbocycles. The van der Waals surface area contributed by atoms with Crippen molar-refractivity contribution in [1.82, 2.24) is 9.47 Å². The number of halogens is 3. The van der Waals surface area contributed by atoms with Crippen LogP contribution in [0.4, 0.5) is 29.3 Å². The van der Waals surface area contributed by atoms with Gasteiger partial charge in [0.25, 0.3) is 0 Å². The molecule has 1 atom stereocenters. The fourth-order valence-corrected chi connectivity index (χ4v) is 5.73. The molecular weight excluding hydrogens is 569 g/mol. The number of carbonyl (C=O) groups is 1. The van der Waals surface area contributed by atoms with Gasteiger partial charge in [-0.05, 0) is 61.4 Å². The van der Waals surface area contributed by atoms with E-state index in [0.717, 1.165) is 42.2 Å². The topological polar surface area (TPSA) is 77.0 Å². The van der Waals surface area contributed by atoms with Crippen molar-refractivity contribution in [2.75, 3.05) is 56.8 Å². The van der Waals surface area contributed by atoms with Gasteiger partial charge in [0.15, 0.2) is 6.10 Å². The summed E-state index contributed by atoms with van der Waals surface area (Å²) in [6, 6.07) is 13.0. The average molecular weight is 603 g/mol. The summed E-state index contributed by atoms with van der Waals surface area (Å²) in [5.74, 6) is 6.61. The number of nitrogens with zero attached hydrogens (tertiary/aromatic N) is 2. The standard InChI is InChI=1S/C30H33F3N4O4S/c1-39-28-16-23(42-2)8-9-26(28)34-12-4-5-21-15-24-25(6-3-7-27(24)37(21)19-30(31,32)33)35-20-10-13-36(14-11-20)17-22-18-40-29(38)41-22/h3,6-9,15-16,20,22,34-35H,10-14,17-19H2,1-2H3. The van der Waals surface area contributed by atoms with Gasteiger partial charge in [-0.15, -0.1) is 11.8 Å². The van der Waals surface area contributed by atoms with Crippen LogP contribution in [-0.2, 0) is 16.0 Å². The molecule has 2 N–H and O–H groups in total. The highest BCUT2D eigenvalue weighted by atomic mass is 32.2. The molecule has 1 aromatic heterocycles. The Morgan fingerprint density at radius 2 is 1.95 bits per heavy atom. The Hall–Kier alpha value is -3.69. The Balaban J connectivity index is 1.29. The van der Waals surface area contributed by atoms with Crippen molar-refractivity contribution in [3.8, 4) is 17.6 Å². The molecule has 2 aliphatic heterocycles. The second-order valence-corrected chi connectivity index (χ2v) is 11.1. The number of hydrogen-bond acceptors (Lipinski definition) is 8. The number of rotatable bonds is 9. The molecule has 3 aromatic rings.